The van der Waals surface area contributed by atoms with Crippen molar-refractivity contribution in [1.82, 2.24) is 15.5 Å². The van der Waals surface area contributed by atoms with Crippen molar-refractivity contribution in [3.8, 4) is 11.8 Å². The van der Waals surface area contributed by atoms with E-state index in [1.54, 1.807) is 12.1 Å². The molecule has 0 saturated carbocycles. The smallest absolute Gasteiger partial charge is 0.317 e. The Morgan fingerprint density at radius 1 is 1.29 bits per heavy atom. The molecule has 1 unspecified atom stereocenters. The molecule has 0 aliphatic carbocycles. The average Bonchev–Trinajstić information content (AvgIpc) is 3.14. The second-order valence-electron chi connectivity index (χ2n) is 6.42. The highest BCUT2D eigenvalue weighted by molar-refractivity contribution is 5.74. The largest absolute Gasteiger partial charge is 0.490 e. The molecule has 6 nitrogen and oxygen atoms in total. The first kappa shape index (κ1) is 16.6. The van der Waals surface area contributed by atoms with Crippen LogP contribution in [0.15, 0.2) is 24.3 Å². The second-order valence-corrected chi connectivity index (χ2v) is 6.42. The summed E-state index contributed by atoms with van der Waals surface area (Å²) in [6, 6.07) is 9.72. The van der Waals surface area contributed by atoms with Crippen molar-refractivity contribution in [2.75, 3.05) is 26.2 Å². The number of likely N-dealkylation sites (tertiary alicyclic amines) is 1. The zero-order valence-corrected chi connectivity index (χ0v) is 13.8. The molecule has 1 atom stereocenters. The lowest BCUT2D eigenvalue weighted by Gasteiger charge is -2.32. The van der Waals surface area contributed by atoms with Gasteiger partial charge in [-0.05, 0) is 43.7 Å². The fraction of sp³-hybridized carbons (Fsp3) is 0.556. The quantitative estimate of drug-likeness (QED) is 0.884. The fourth-order valence-corrected chi connectivity index (χ4v) is 3.23. The second kappa shape index (κ2) is 8.02. The van der Waals surface area contributed by atoms with Crippen molar-refractivity contribution in [3.05, 3.63) is 29.8 Å². The van der Waals surface area contributed by atoms with E-state index in [1.165, 1.54) is 6.42 Å². The van der Waals surface area contributed by atoms with Gasteiger partial charge in [0.2, 0.25) is 0 Å². The minimum absolute atomic E-state index is 0.0283. The van der Waals surface area contributed by atoms with Gasteiger partial charge in [0, 0.05) is 38.5 Å². The molecular weight excluding hydrogens is 304 g/mol. The van der Waals surface area contributed by atoms with Crippen molar-refractivity contribution < 1.29 is 9.53 Å². The number of nitrogens with one attached hydrogen (secondary N) is 2. The number of hydrogen-bond acceptors (Lipinski definition) is 4. The van der Waals surface area contributed by atoms with Gasteiger partial charge in [-0.15, -0.1) is 0 Å². The maximum Gasteiger partial charge on any atom is 0.317 e. The van der Waals surface area contributed by atoms with Crippen LogP contribution in [0.5, 0.6) is 5.75 Å². The summed E-state index contributed by atoms with van der Waals surface area (Å²) in [6.45, 7) is 3.19. The highest BCUT2D eigenvalue weighted by atomic mass is 16.5. The third-order valence-corrected chi connectivity index (χ3v) is 4.68. The molecule has 128 valence electrons. The van der Waals surface area contributed by atoms with Gasteiger partial charge in [-0.3, -0.25) is 0 Å². The minimum Gasteiger partial charge on any atom is -0.490 e. The Labute approximate surface area is 142 Å². The monoisotopic (exact) mass is 328 g/mol. The van der Waals surface area contributed by atoms with E-state index < -0.39 is 0 Å². The predicted octanol–water partition coefficient (Wildman–Crippen LogP) is 1.86. The molecule has 1 aromatic rings. The summed E-state index contributed by atoms with van der Waals surface area (Å²) in [5, 5.41) is 15.2. The van der Waals surface area contributed by atoms with E-state index >= 15 is 0 Å². The molecule has 2 N–H and O–H groups in total. The lowest BCUT2D eigenvalue weighted by Crippen LogP contribution is -2.48. The number of hydrogen-bond donors (Lipinski definition) is 2. The predicted molar refractivity (Wildman–Crippen MR) is 90.8 cm³/mol. The van der Waals surface area contributed by atoms with Gasteiger partial charge in [-0.25, -0.2) is 4.79 Å². The lowest BCUT2D eigenvalue weighted by atomic mass is 10.1. The number of amides is 2. The molecule has 3 rings (SSSR count). The van der Waals surface area contributed by atoms with E-state index in [2.05, 4.69) is 16.7 Å². The molecule has 2 aliphatic rings. The summed E-state index contributed by atoms with van der Waals surface area (Å²) in [5.41, 5.74) is 0.630. The highest BCUT2D eigenvalue weighted by Gasteiger charge is 2.24. The van der Waals surface area contributed by atoms with Gasteiger partial charge < -0.3 is 20.3 Å². The van der Waals surface area contributed by atoms with Crippen molar-refractivity contribution in [1.29, 1.82) is 5.26 Å². The highest BCUT2D eigenvalue weighted by Crippen LogP contribution is 2.19. The van der Waals surface area contributed by atoms with Crippen LogP contribution in [0.1, 0.15) is 31.2 Å². The Morgan fingerprint density at radius 2 is 2.04 bits per heavy atom. The fourth-order valence-electron chi connectivity index (χ4n) is 3.23. The first-order chi connectivity index (χ1) is 11.7. The van der Waals surface area contributed by atoms with E-state index in [1.807, 2.05) is 17.0 Å². The summed E-state index contributed by atoms with van der Waals surface area (Å²) < 4.78 is 5.95. The molecular formula is C18H24N4O2. The van der Waals surface area contributed by atoms with Gasteiger partial charge in [0.05, 0.1) is 11.6 Å². The van der Waals surface area contributed by atoms with Crippen LogP contribution in [-0.4, -0.2) is 49.3 Å². The molecule has 0 bridgehead atoms. The molecule has 2 amide bonds. The first-order valence-corrected chi connectivity index (χ1v) is 8.67. The normalized spacial score (nSPS) is 21.3. The van der Waals surface area contributed by atoms with E-state index in [4.69, 9.17) is 10.00 Å². The van der Waals surface area contributed by atoms with E-state index in [0.717, 1.165) is 31.6 Å². The standard InChI is InChI=1S/C18H24N4O2/c19-12-14-3-5-16(6-4-14)24-17-7-10-22(11-8-17)18(23)21-13-15-2-1-9-20-15/h3-6,15,17,20H,1-2,7-11,13H2,(H,21,23). The van der Waals surface area contributed by atoms with E-state index in [9.17, 15) is 4.79 Å². The Balaban J connectivity index is 1.39. The zero-order valence-electron chi connectivity index (χ0n) is 13.8. The number of carbonyl (C=O) groups is 1. The summed E-state index contributed by atoms with van der Waals surface area (Å²) >= 11 is 0. The number of nitrogens with zero attached hydrogens (tertiary/aromatic N) is 2. The topological polar surface area (TPSA) is 77.4 Å². The van der Waals surface area contributed by atoms with Crippen LogP contribution < -0.4 is 15.4 Å². The molecule has 0 aromatic heterocycles. The van der Waals surface area contributed by atoms with Crippen molar-refractivity contribution in [2.45, 2.75) is 37.8 Å². The number of ether oxygens (including phenoxy) is 1. The Bertz CT molecular complexity index is 582. The Kier molecular flexibility index (Phi) is 5.55. The van der Waals surface area contributed by atoms with Crippen molar-refractivity contribution >= 4 is 6.03 Å². The number of nitriles is 1. The van der Waals surface area contributed by atoms with Crippen LogP contribution in [-0.2, 0) is 0 Å². The maximum atomic E-state index is 12.2. The summed E-state index contributed by atoms with van der Waals surface area (Å²) in [4.78, 5) is 14.1. The van der Waals surface area contributed by atoms with Crippen LogP contribution >= 0.6 is 0 Å². The number of piperidine rings is 1. The maximum absolute atomic E-state index is 12.2. The zero-order chi connectivity index (χ0) is 16.8. The summed E-state index contributed by atoms with van der Waals surface area (Å²) in [5.74, 6) is 0.782. The van der Waals surface area contributed by atoms with E-state index in [-0.39, 0.29) is 12.1 Å². The van der Waals surface area contributed by atoms with Gasteiger partial charge in [-0.1, -0.05) is 0 Å². The van der Waals surface area contributed by atoms with Crippen molar-refractivity contribution in [2.24, 2.45) is 0 Å². The number of carbonyl (C=O) groups excluding carboxylic acids is 1. The number of urea groups is 1. The van der Waals surface area contributed by atoms with Gasteiger partial charge >= 0.3 is 6.03 Å². The third-order valence-electron chi connectivity index (χ3n) is 4.68. The van der Waals surface area contributed by atoms with Crippen LogP contribution in [0, 0.1) is 11.3 Å². The summed E-state index contributed by atoms with van der Waals surface area (Å²) in [7, 11) is 0. The third kappa shape index (κ3) is 4.39. The molecule has 2 fully saturated rings. The van der Waals surface area contributed by atoms with Gasteiger partial charge in [0.1, 0.15) is 11.9 Å². The SMILES string of the molecule is N#Cc1ccc(OC2CCN(C(=O)NCC3CCCN3)CC2)cc1. The van der Waals surface area contributed by atoms with E-state index in [0.29, 0.717) is 31.2 Å². The molecule has 24 heavy (non-hydrogen) atoms. The van der Waals surface area contributed by atoms with Gasteiger partial charge in [0.15, 0.2) is 0 Å². The molecule has 2 heterocycles. The van der Waals surface area contributed by atoms with Gasteiger partial charge in [-0.2, -0.15) is 5.26 Å². The summed E-state index contributed by atoms with van der Waals surface area (Å²) in [6.07, 6.45) is 4.11. The van der Waals surface area contributed by atoms with Gasteiger partial charge in [0.25, 0.3) is 0 Å². The molecule has 2 saturated heterocycles. The molecule has 0 spiro atoms. The molecule has 2 aliphatic heterocycles. The minimum atomic E-state index is 0.0283. The average molecular weight is 328 g/mol. The van der Waals surface area contributed by atoms with Crippen LogP contribution in [0.4, 0.5) is 4.79 Å². The first-order valence-electron chi connectivity index (χ1n) is 8.67. The van der Waals surface area contributed by atoms with Crippen LogP contribution in [0.25, 0.3) is 0 Å². The number of rotatable bonds is 4. The van der Waals surface area contributed by atoms with Crippen molar-refractivity contribution in [3.63, 3.8) is 0 Å². The Morgan fingerprint density at radius 3 is 2.67 bits per heavy atom. The molecule has 0 radical (unpaired) electrons. The lowest BCUT2D eigenvalue weighted by molar-refractivity contribution is 0.111. The van der Waals surface area contributed by atoms with Crippen LogP contribution in [0.2, 0.25) is 0 Å². The molecule has 6 heteroatoms. The Hall–Kier alpha value is -2.26. The van der Waals surface area contributed by atoms with Crippen LogP contribution in [0.3, 0.4) is 0 Å². The molecule has 1 aromatic carbocycles. The number of benzene rings is 1.